The molecule has 1 heterocycles. The zero-order valence-corrected chi connectivity index (χ0v) is 25.3. The quantitative estimate of drug-likeness (QED) is 0.166. The van der Waals surface area contributed by atoms with Crippen molar-refractivity contribution >= 4 is 10.8 Å². The number of nitrogens with zero attached hydrogens (tertiary/aromatic N) is 1. The first-order chi connectivity index (χ1) is 20.7. The van der Waals surface area contributed by atoms with Gasteiger partial charge in [0.1, 0.15) is 18.1 Å². The lowest BCUT2D eigenvalue weighted by atomic mass is 9.48. The molecule has 4 aliphatic carbocycles. The van der Waals surface area contributed by atoms with E-state index >= 15 is 0 Å². The van der Waals surface area contributed by atoms with Crippen LogP contribution in [0.3, 0.4) is 0 Å². The Morgan fingerprint density at radius 2 is 1.50 bits per heavy atom. The van der Waals surface area contributed by atoms with Gasteiger partial charge in [0.05, 0.1) is 13.2 Å². The van der Waals surface area contributed by atoms with Gasteiger partial charge in [-0.3, -0.25) is 4.90 Å². The molecule has 4 bridgehead atoms. The van der Waals surface area contributed by atoms with E-state index in [-0.39, 0.29) is 12.2 Å². The lowest BCUT2D eigenvalue weighted by Gasteiger charge is -2.57. The predicted octanol–water partition coefficient (Wildman–Crippen LogP) is 7.57. The van der Waals surface area contributed by atoms with Gasteiger partial charge in [-0.1, -0.05) is 36.4 Å². The van der Waals surface area contributed by atoms with Gasteiger partial charge in [0, 0.05) is 19.2 Å². The van der Waals surface area contributed by atoms with Crippen molar-refractivity contribution in [3.8, 4) is 11.5 Å². The molecule has 4 saturated carbocycles. The standard InChI is InChI=1S/C37H47NO4/c1-39-15-16-40-26-42-36-22-32-8-7-31(30-9-11-38(12-10-30)13-14-41-34-5-3-2-4-6-34)20-33(32)21-35(36)37-23-27-17-28(24-37)19-29(18-27)25-37/h2-8,20-22,27-30H,9-19,23-26H2,1H3. The topological polar surface area (TPSA) is 40.2 Å². The van der Waals surface area contributed by atoms with Crippen LogP contribution in [0.15, 0.2) is 60.7 Å². The lowest BCUT2D eigenvalue weighted by molar-refractivity contribution is -0.0188. The fourth-order valence-electron chi connectivity index (χ4n) is 9.13. The van der Waals surface area contributed by atoms with E-state index in [1.54, 1.807) is 7.11 Å². The van der Waals surface area contributed by atoms with E-state index in [0.717, 1.165) is 55.5 Å². The highest BCUT2D eigenvalue weighted by Gasteiger charge is 2.52. The third-order valence-electron chi connectivity index (χ3n) is 10.8. The Balaban J connectivity index is 1.07. The molecule has 5 aliphatic rings. The number of hydrogen-bond acceptors (Lipinski definition) is 5. The molecule has 224 valence electrons. The molecule has 5 nitrogen and oxygen atoms in total. The molecule has 0 unspecified atom stereocenters. The van der Waals surface area contributed by atoms with Crippen LogP contribution < -0.4 is 9.47 Å². The number of benzene rings is 3. The highest BCUT2D eigenvalue weighted by molar-refractivity contribution is 5.86. The molecule has 3 aromatic carbocycles. The van der Waals surface area contributed by atoms with Gasteiger partial charge < -0.3 is 18.9 Å². The maximum absolute atomic E-state index is 6.41. The highest BCUT2D eigenvalue weighted by atomic mass is 16.7. The Morgan fingerprint density at radius 1 is 0.762 bits per heavy atom. The van der Waals surface area contributed by atoms with Crippen LogP contribution in [0, 0.1) is 17.8 Å². The number of rotatable bonds is 12. The second kappa shape index (κ2) is 12.6. The van der Waals surface area contributed by atoms with Crippen LogP contribution in [-0.4, -0.2) is 58.3 Å². The summed E-state index contributed by atoms with van der Waals surface area (Å²) in [4.78, 5) is 2.56. The summed E-state index contributed by atoms with van der Waals surface area (Å²) in [6.07, 6.45) is 10.8. The Hall–Kier alpha value is -2.60. The van der Waals surface area contributed by atoms with E-state index in [9.17, 15) is 0 Å². The Kier molecular flexibility index (Phi) is 8.43. The number of likely N-dealkylation sites (tertiary alicyclic amines) is 1. The predicted molar refractivity (Wildman–Crippen MR) is 167 cm³/mol. The molecule has 0 amide bonds. The molecule has 0 aromatic heterocycles. The zero-order chi connectivity index (χ0) is 28.4. The van der Waals surface area contributed by atoms with Crippen LogP contribution in [0.25, 0.3) is 10.8 Å². The van der Waals surface area contributed by atoms with Gasteiger partial charge in [-0.2, -0.15) is 0 Å². The molecule has 3 aromatic rings. The average molecular weight is 570 g/mol. The third-order valence-corrected chi connectivity index (χ3v) is 10.8. The summed E-state index contributed by atoms with van der Waals surface area (Å²) in [6.45, 7) is 5.43. The van der Waals surface area contributed by atoms with Crippen molar-refractivity contribution < 1.29 is 18.9 Å². The van der Waals surface area contributed by atoms with Crippen LogP contribution in [-0.2, 0) is 14.9 Å². The molecule has 1 saturated heterocycles. The summed E-state index contributed by atoms with van der Waals surface area (Å²) in [7, 11) is 1.71. The Labute approximate surface area is 251 Å². The van der Waals surface area contributed by atoms with E-state index in [1.807, 2.05) is 30.3 Å². The van der Waals surface area contributed by atoms with Gasteiger partial charge >= 0.3 is 0 Å². The fourth-order valence-corrected chi connectivity index (χ4v) is 9.13. The first-order valence-corrected chi connectivity index (χ1v) is 16.4. The minimum Gasteiger partial charge on any atom is -0.492 e. The Bertz CT molecular complexity index is 1300. The van der Waals surface area contributed by atoms with E-state index in [4.69, 9.17) is 18.9 Å². The molecule has 0 atom stereocenters. The van der Waals surface area contributed by atoms with Gasteiger partial charge in [0.2, 0.25) is 0 Å². The monoisotopic (exact) mass is 569 g/mol. The van der Waals surface area contributed by atoms with Gasteiger partial charge in [0.25, 0.3) is 0 Å². The van der Waals surface area contributed by atoms with Gasteiger partial charge in [-0.15, -0.1) is 0 Å². The number of methoxy groups -OCH3 is 1. The van der Waals surface area contributed by atoms with Gasteiger partial charge in [-0.25, -0.2) is 0 Å². The maximum atomic E-state index is 6.41. The van der Waals surface area contributed by atoms with Crippen molar-refractivity contribution in [2.75, 3.05) is 53.4 Å². The Morgan fingerprint density at radius 3 is 2.21 bits per heavy atom. The summed E-state index contributed by atoms with van der Waals surface area (Å²) in [5, 5.41) is 2.65. The van der Waals surface area contributed by atoms with Crippen molar-refractivity contribution in [2.24, 2.45) is 17.8 Å². The van der Waals surface area contributed by atoms with Crippen molar-refractivity contribution in [3.63, 3.8) is 0 Å². The molecular weight excluding hydrogens is 522 g/mol. The molecule has 5 heteroatoms. The van der Waals surface area contributed by atoms with Crippen molar-refractivity contribution in [1.82, 2.24) is 4.90 Å². The smallest absolute Gasteiger partial charge is 0.189 e. The molecule has 0 radical (unpaired) electrons. The largest absolute Gasteiger partial charge is 0.492 e. The summed E-state index contributed by atoms with van der Waals surface area (Å²) in [5.41, 5.74) is 3.22. The van der Waals surface area contributed by atoms with Crippen LogP contribution in [0.1, 0.15) is 68.4 Å². The van der Waals surface area contributed by atoms with Gasteiger partial charge in [-0.05, 0) is 134 Å². The molecule has 0 N–H and O–H groups in total. The molecule has 42 heavy (non-hydrogen) atoms. The van der Waals surface area contributed by atoms with Crippen molar-refractivity contribution in [2.45, 2.75) is 62.7 Å². The number of ether oxygens (including phenoxy) is 4. The molecule has 5 fully saturated rings. The van der Waals surface area contributed by atoms with Crippen molar-refractivity contribution in [3.05, 3.63) is 71.8 Å². The second-order valence-electron chi connectivity index (χ2n) is 13.6. The fraction of sp³-hybridized carbons (Fsp3) is 0.568. The van der Waals surface area contributed by atoms with Crippen LogP contribution in [0.5, 0.6) is 11.5 Å². The van der Waals surface area contributed by atoms with E-state index in [2.05, 4.69) is 35.2 Å². The van der Waals surface area contributed by atoms with Crippen LogP contribution in [0.2, 0.25) is 0 Å². The lowest BCUT2D eigenvalue weighted by Crippen LogP contribution is -2.48. The molecule has 8 rings (SSSR count). The zero-order valence-electron chi connectivity index (χ0n) is 25.3. The summed E-state index contributed by atoms with van der Waals surface area (Å²) < 4.78 is 23.3. The summed E-state index contributed by atoms with van der Waals surface area (Å²) in [5.74, 6) is 5.31. The minimum absolute atomic E-state index is 0.272. The number of piperidine rings is 1. The van der Waals surface area contributed by atoms with E-state index in [0.29, 0.717) is 19.1 Å². The van der Waals surface area contributed by atoms with Crippen LogP contribution >= 0.6 is 0 Å². The molecule has 1 aliphatic heterocycles. The van der Waals surface area contributed by atoms with Gasteiger partial charge in [0.15, 0.2) is 6.79 Å². The maximum Gasteiger partial charge on any atom is 0.189 e. The van der Waals surface area contributed by atoms with E-state index < -0.39 is 0 Å². The second-order valence-corrected chi connectivity index (χ2v) is 13.6. The number of fused-ring (bicyclic) bond motifs is 1. The van der Waals surface area contributed by atoms with Crippen molar-refractivity contribution in [1.29, 1.82) is 0 Å². The SMILES string of the molecule is COCCOCOc1cc2ccc(C3CCN(CCOc4ccccc4)CC3)cc2cc1C12CC3CC(CC(C3)C1)C2. The number of para-hydroxylation sites is 1. The molecular formula is C37H47NO4. The highest BCUT2D eigenvalue weighted by Crippen LogP contribution is 2.62. The molecule has 0 spiro atoms. The minimum atomic E-state index is 0.272. The summed E-state index contributed by atoms with van der Waals surface area (Å²) in [6, 6.07) is 22.2. The average Bonchev–Trinajstić information content (AvgIpc) is 3.00. The first kappa shape index (κ1) is 28.2. The third kappa shape index (κ3) is 6.06. The number of hydrogen-bond donors (Lipinski definition) is 0. The first-order valence-electron chi connectivity index (χ1n) is 16.4. The van der Waals surface area contributed by atoms with Crippen LogP contribution in [0.4, 0.5) is 0 Å². The summed E-state index contributed by atoms with van der Waals surface area (Å²) >= 11 is 0. The normalized spacial score (nSPS) is 27.5. The van der Waals surface area contributed by atoms with E-state index in [1.165, 1.54) is 73.3 Å².